The summed E-state index contributed by atoms with van der Waals surface area (Å²) in [6, 6.07) is 3.57. The van der Waals surface area contributed by atoms with Crippen molar-refractivity contribution in [3.8, 4) is 17.2 Å². The van der Waals surface area contributed by atoms with Gasteiger partial charge in [0.2, 0.25) is 5.71 Å². The number of furan rings is 1. The molecule has 2 atom stereocenters. The van der Waals surface area contributed by atoms with Gasteiger partial charge in [-0.3, -0.25) is 0 Å². The number of hydrogen-bond acceptors (Lipinski definition) is 6. The molecule has 2 heterocycles. The predicted molar refractivity (Wildman–Crippen MR) is 95.8 cm³/mol. The molecular weight excluding hydrogens is 322 g/mol. The van der Waals surface area contributed by atoms with Crippen LogP contribution in [0.3, 0.4) is 0 Å². The fourth-order valence-corrected chi connectivity index (χ4v) is 3.16. The second-order valence-electron chi connectivity index (χ2n) is 5.72. The topological polar surface area (TPSA) is 74.0 Å². The molecule has 0 amide bonds. The van der Waals surface area contributed by atoms with Crippen LogP contribution < -0.4 is 14.2 Å². The molecule has 0 fully saturated rings. The smallest absolute Gasteiger partial charge is 0.230 e. The van der Waals surface area contributed by atoms with E-state index in [0.29, 0.717) is 28.5 Å². The molecule has 6 heteroatoms. The molecule has 2 unspecified atom stereocenters. The van der Waals surface area contributed by atoms with Crippen LogP contribution in [0.2, 0.25) is 0 Å². The number of aromatic nitrogens is 1. The molecule has 3 aromatic rings. The Morgan fingerprint density at radius 1 is 1.20 bits per heavy atom. The first-order valence-electron chi connectivity index (χ1n) is 7.87. The standard InChI is InChI=1S/C19H21NO5/c1-6-13(21)10(2)15-16-12(9-14(22-3)18(15)24-5)20-19-11(7-8-25-19)17(16)23-4/h6-10,13,21H,1H2,2-5H3. The summed E-state index contributed by atoms with van der Waals surface area (Å²) < 4.78 is 22.2. The van der Waals surface area contributed by atoms with Crippen LogP contribution in [0.4, 0.5) is 0 Å². The quantitative estimate of drug-likeness (QED) is 0.689. The summed E-state index contributed by atoms with van der Waals surface area (Å²) in [5.74, 6) is 1.36. The number of rotatable bonds is 6. The highest BCUT2D eigenvalue weighted by molar-refractivity contribution is 6.03. The van der Waals surface area contributed by atoms with Crippen LogP contribution in [0.5, 0.6) is 17.2 Å². The average molecular weight is 343 g/mol. The van der Waals surface area contributed by atoms with Gasteiger partial charge in [0, 0.05) is 17.5 Å². The summed E-state index contributed by atoms with van der Waals surface area (Å²) in [7, 11) is 4.72. The third kappa shape index (κ3) is 2.59. The Balaban J connectivity index is 2.52. The Labute approximate surface area is 145 Å². The summed E-state index contributed by atoms with van der Waals surface area (Å²) in [6.45, 7) is 5.58. The molecule has 2 aromatic heterocycles. The first-order valence-corrected chi connectivity index (χ1v) is 7.87. The van der Waals surface area contributed by atoms with E-state index >= 15 is 0 Å². The van der Waals surface area contributed by atoms with E-state index in [2.05, 4.69) is 11.6 Å². The van der Waals surface area contributed by atoms with Gasteiger partial charge in [-0.25, -0.2) is 4.98 Å². The van der Waals surface area contributed by atoms with E-state index in [1.54, 1.807) is 39.7 Å². The van der Waals surface area contributed by atoms with E-state index in [4.69, 9.17) is 18.6 Å². The number of ether oxygens (including phenoxy) is 3. The van der Waals surface area contributed by atoms with Crippen LogP contribution >= 0.6 is 0 Å². The van der Waals surface area contributed by atoms with E-state index in [9.17, 15) is 5.11 Å². The molecule has 25 heavy (non-hydrogen) atoms. The van der Waals surface area contributed by atoms with Gasteiger partial charge in [-0.2, -0.15) is 0 Å². The maximum atomic E-state index is 10.4. The summed E-state index contributed by atoms with van der Waals surface area (Å²) in [5.41, 5.74) is 1.85. The van der Waals surface area contributed by atoms with E-state index in [0.717, 1.165) is 16.3 Å². The molecule has 0 spiro atoms. The molecule has 0 radical (unpaired) electrons. The maximum absolute atomic E-state index is 10.4. The number of aliphatic hydroxyl groups excluding tert-OH is 1. The molecule has 1 aromatic carbocycles. The monoisotopic (exact) mass is 343 g/mol. The highest BCUT2D eigenvalue weighted by Crippen LogP contribution is 2.47. The molecule has 0 saturated carbocycles. The van der Waals surface area contributed by atoms with Gasteiger partial charge in [-0.1, -0.05) is 13.0 Å². The summed E-state index contributed by atoms with van der Waals surface area (Å²) >= 11 is 0. The lowest BCUT2D eigenvalue weighted by Crippen LogP contribution is -2.15. The van der Waals surface area contributed by atoms with Gasteiger partial charge in [0.1, 0.15) is 5.75 Å². The van der Waals surface area contributed by atoms with Crippen molar-refractivity contribution >= 4 is 22.0 Å². The highest BCUT2D eigenvalue weighted by Gasteiger charge is 2.27. The van der Waals surface area contributed by atoms with E-state index in [1.165, 1.54) is 6.08 Å². The van der Waals surface area contributed by atoms with Crippen LogP contribution in [-0.2, 0) is 0 Å². The number of hydrogen-bond donors (Lipinski definition) is 1. The molecule has 0 aliphatic rings. The SMILES string of the molecule is C=CC(O)C(C)c1c(OC)c(OC)cc2nc3occc3c(OC)c12. The molecule has 1 N–H and O–H groups in total. The van der Waals surface area contributed by atoms with Crippen molar-refractivity contribution in [1.29, 1.82) is 0 Å². The number of fused-ring (bicyclic) bond motifs is 2. The van der Waals surface area contributed by atoms with Gasteiger partial charge >= 0.3 is 0 Å². The number of methoxy groups -OCH3 is 3. The molecule has 0 aliphatic heterocycles. The van der Waals surface area contributed by atoms with Gasteiger partial charge < -0.3 is 23.7 Å². The molecule has 3 rings (SSSR count). The molecule has 0 aliphatic carbocycles. The van der Waals surface area contributed by atoms with Gasteiger partial charge in [-0.05, 0) is 6.07 Å². The fraction of sp³-hybridized carbons (Fsp3) is 0.316. The van der Waals surface area contributed by atoms with Crippen molar-refractivity contribution in [2.75, 3.05) is 21.3 Å². The Morgan fingerprint density at radius 2 is 1.92 bits per heavy atom. The summed E-state index contributed by atoms with van der Waals surface area (Å²) in [6.07, 6.45) is 2.29. The molecule has 0 saturated heterocycles. The van der Waals surface area contributed by atoms with Crippen molar-refractivity contribution in [1.82, 2.24) is 4.98 Å². The third-order valence-corrected chi connectivity index (χ3v) is 4.44. The number of pyridine rings is 1. The van der Waals surface area contributed by atoms with Gasteiger partial charge in [-0.15, -0.1) is 6.58 Å². The first kappa shape index (κ1) is 17.1. The van der Waals surface area contributed by atoms with Crippen LogP contribution in [0, 0.1) is 0 Å². The highest BCUT2D eigenvalue weighted by atomic mass is 16.5. The van der Waals surface area contributed by atoms with Crippen molar-refractivity contribution in [3.63, 3.8) is 0 Å². The van der Waals surface area contributed by atoms with Gasteiger partial charge in [0.15, 0.2) is 11.5 Å². The molecule has 0 bridgehead atoms. The Kier molecular flexibility index (Phi) is 4.55. The number of nitrogens with zero attached hydrogens (tertiary/aromatic N) is 1. The first-order chi connectivity index (χ1) is 12.1. The third-order valence-electron chi connectivity index (χ3n) is 4.44. The van der Waals surface area contributed by atoms with Gasteiger partial charge in [0.25, 0.3) is 0 Å². The van der Waals surface area contributed by atoms with Crippen molar-refractivity contribution in [2.45, 2.75) is 18.9 Å². The Hall–Kier alpha value is -2.73. The fourth-order valence-electron chi connectivity index (χ4n) is 3.16. The van der Waals surface area contributed by atoms with Crippen LogP contribution in [0.25, 0.3) is 22.0 Å². The van der Waals surface area contributed by atoms with E-state index in [-0.39, 0.29) is 5.92 Å². The second-order valence-corrected chi connectivity index (χ2v) is 5.72. The Morgan fingerprint density at radius 3 is 2.52 bits per heavy atom. The lowest BCUT2D eigenvalue weighted by atomic mass is 9.89. The van der Waals surface area contributed by atoms with E-state index < -0.39 is 6.10 Å². The minimum atomic E-state index is -0.769. The average Bonchev–Trinajstić information content (AvgIpc) is 3.11. The number of benzene rings is 1. The minimum Gasteiger partial charge on any atom is -0.495 e. The zero-order valence-corrected chi connectivity index (χ0v) is 14.7. The normalized spacial score (nSPS) is 13.6. The lowest BCUT2D eigenvalue weighted by molar-refractivity contribution is 0.195. The zero-order chi connectivity index (χ0) is 18.1. The predicted octanol–water partition coefficient (Wildman–Crippen LogP) is 3.66. The maximum Gasteiger partial charge on any atom is 0.230 e. The van der Waals surface area contributed by atoms with Gasteiger partial charge in [0.05, 0.1) is 50.0 Å². The van der Waals surface area contributed by atoms with Crippen LogP contribution in [0.15, 0.2) is 35.5 Å². The molecular formula is C19H21NO5. The van der Waals surface area contributed by atoms with Crippen molar-refractivity contribution in [2.24, 2.45) is 0 Å². The van der Waals surface area contributed by atoms with Crippen molar-refractivity contribution < 1.29 is 23.7 Å². The lowest BCUT2D eigenvalue weighted by Gasteiger charge is -2.23. The number of aliphatic hydroxyl groups is 1. The van der Waals surface area contributed by atoms with Crippen LogP contribution in [-0.4, -0.2) is 37.5 Å². The second kappa shape index (κ2) is 6.64. The summed E-state index contributed by atoms with van der Waals surface area (Å²) in [5, 5.41) is 11.9. The summed E-state index contributed by atoms with van der Waals surface area (Å²) in [4.78, 5) is 4.57. The van der Waals surface area contributed by atoms with Crippen LogP contribution in [0.1, 0.15) is 18.4 Å². The van der Waals surface area contributed by atoms with Crippen molar-refractivity contribution in [3.05, 3.63) is 36.6 Å². The Bertz CT molecular complexity index is 931. The molecule has 132 valence electrons. The minimum absolute atomic E-state index is 0.315. The zero-order valence-electron chi connectivity index (χ0n) is 14.7. The largest absolute Gasteiger partial charge is 0.495 e. The van der Waals surface area contributed by atoms with E-state index in [1.807, 2.05) is 6.92 Å². The molecule has 6 nitrogen and oxygen atoms in total.